The molecule has 1 aromatic carbocycles. The fourth-order valence-corrected chi connectivity index (χ4v) is 2.72. The SMILES string of the molecule is Fc1ccc2c(c1CNc1nccc3cncnc13)CCO2. The molecule has 0 unspecified atom stereocenters. The second kappa shape index (κ2) is 5.22. The number of nitrogens with zero attached hydrogens (tertiary/aromatic N) is 3. The van der Waals surface area contributed by atoms with Crippen molar-refractivity contribution in [3.63, 3.8) is 0 Å². The molecule has 1 aliphatic heterocycles. The van der Waals surface area contributed by atoms with Crippen LogP contribution in [0.25, 0.3) is 10.9 Å². The fraction of sp³-hybridized carbons (Fsp3) is 0.188. The number of hydrogen-bond donors (Lipinski definition) is 1. The van der Waals surface area contributed by atoms with Gasteiger partial charge in [0.2, 0.25) is 0 Å². The highest BCUT2D eigenvalue weighted by molar-refractivity contribution is 5.87. The third-order valence-corrected chi connectivity index (χ3v) is 3.80. The van der Waals surface area contributed by atoms with Gasteiger partial charge in [0.25, 0.3) is 0 Å². The Balaban J connectivity index is 1.67. The summed E-state index contributed by atoms with van der Waals surface area (Å²) in [4.78, 5) is 12.5. The highest BCUT2D eigenvalue weighted by atomic mass is 19.1. The summed E-state index contributed by atoms with van der Waals surface area (Å²) < 4.78 is 19.6. The highest BCUT2D eigenvalue weighted by Crippen LogP contribution is 2.30. The van der Waals surface area contributed by atoms with Crippen molar-refractivity contribution in [3.05, 3.63) is 53.9 Å². The van der Waals surface area contributed by atoms with Crippen molar-refractivity contribution in [1.29, 1.82) is 0 Å². The second-order valence-corrected chi connectivity index (χ2v) is 5.07. The molecule has 0 atom stereocenters. The van der Waals surface area contributed by atoms with Crippen LogP contribution in [0.3, 0.4) is 0 Å². The number of aromatic nitrogens is 3. The molecular weight excluding hydrogens is 283 g/mol. The maximum Gasteiger partial charge on any atom is 0.152 e. The van der Waals surface area contributed by atoms with Gasteiger partial charge in [-0.05, 0) is 18.2 Å². The van der Waals surface area contributed by atoms with Crippen LogP contribution in [0.15, 0.2) is 36.9 Å². The van der Waals surface area contributed by atoms with E-state index in [9.17, 15) is 4.39 Å². The Hall–Kier alpha value is -2.76. The van der Waals surface area contributed by atoms with Crippen molar-refractivity contribution in [3.8, 4) is 5.75 Å². The summed E-state index contributed by atoms with van der Waals surface area (Å²) in [5.41, 5.74) is 2.28. The second-order valence-electron chi connectivity index (χ2n) is 5.07. The first kappa shape index (κ1) is 12.9. The topological polar surface area (TPSA) is 59.9 Å². The summed E-state index contributed by atoms with van der Waals surface area (Å²) >= 11 is 0. The Bertz CT molecular complexity index is 847. The summed E-state index contributed by atoms with van der Waals surface area (Å²) in [6.07, 6.45) is 5.62. The first-order chi connectivity index (χ1) is 10.8. The molecule has 0 bridgehead atoms. The van der Waals surface area contributed by atoms with Gasteiger partial charge in [-0.25, -0.2) is 19.3 Å². The van der Waals surface area contributed by atoms with Gasteiger partial charge in [-0.3, -0.25) is 0 Å². The lowest BCUT2D eigenvalue weighted by atomic mass is 10.0. The van der Waals surface area contributed by atoms with Crippen LogP contribution in [0.1, 0.15) is 11.1 Å². The lowest BCUT2D eigenvalue weighted by molar-refractivity contribution is 0.356. The molecule has 22 heavy (non-hydrogen) atoms. The number of rotatable bonds is 3. The van der Waals surface area contributed by atoms with E-state index in [2.05, 4.69) is 20.3 Å². The molecule has 6 heteroatoms. The van der Waals surface area contributed by atoms with Gasteiger partial charge in [0.15, 0.2) is 5.82 Å². The Morgan fingerprint density at radius 1 is 1.23 bits per heavy atom. The number of hydrogen-bond acceptors (Lipinski definition) is 5. The number of benzene rings is 1. The van der Waals surface area contributed by atoms with Crippen molar-refractivity contribution >= 4 is 16.7 Å². The highest BCUT2D eigenvalue weighted by Gasteiger charge is 2.19. The van der Waals surface area contributed by atoms with Crippen molar-refractivity contribution in [1.82, 2.24) is 15.0 Å². The van der Waals surface area contributed by atoms with Gasteiger partial charge in [-0.2, -0.15) is 0 Å². The van der Waals surface area contributed by atoms with E-state index in [0.717, 1.165) is 28.6 Å². The molecule has 0 saturated heterocycles. The Morgan fingerprint density at radius 2 is 2.18 bits per heavy atom. The third-order valence-electron chi connectivity index (χ3n) is 3.80. The molecule has 110 valence electrons. The summed E-state index contributed by atoms with van der Waals surface area (Å²) in [6.45, 7) is 0.944. The lowest BCUT2D eigenvalue weighted by Gasteiger charge is -2.11. The molecule has 0 saturated carbocycles. The predicted molar refractivity (Wildman–Crippen MR) is 80.3 cm³/mol. The van der Waals surface area contributed by atoms with Crippen molar-refractivity contribution in [2.75, 3.05) is 11.9 Å². The zero-order chi connectivity index (χ0) is 14.9. The number of ether oxygens (including phenoxy) is 1. The van der Waals surface area contributed by atoms with E-state index in [4.69, 9.17) is 4.74 Å². The molecule has 0 radical (unpaired) electrons. The summed E-state index contributed by atoms with van der Waals surface area (Å²) in [7, 11) is 0. The number of nitrogens with one attached hydrogen (secondary N) is 1. The quantitative estimate of drug-likeness (QED) is 0.805. The smallest absolute Gasteiger partial charge is 0.152 e. The predicted octanol–water partition coefficient (Wildman–Crippen LogP) is 2.71. The van der Waals surface area contributed by atoms with E-state index in [0.29, 0.717) is 24.5 Å². The molecule has 0 amide bonds. The van der Waals surface area contributed by atoms with E-state index in [1.807, 2.05) is 6.07 Å². The summed E-state index contributed by atoms with van der Waals surface area (Å²) in [5.74, 6) is 1.16. The van der Waals surface area contributed by atoms with Gasteiger partial charge in [-0.1, -0.05) is 0 Å². The fourth-order valence-electron chi connectivity index (χ4n) is 2.72. The normalized spacial score (nSPS) is 13.0. The van der Waals surface area contributed by atoms with Gasteiger partial charge < -0.3 is 10.1 Å². The van der Waals surface area contributed by atoms with E-state index >= 15 is 0 Å². The minimum absolute atomic E-state index is 0.230. The Morgan fingerprint density at radius 3 is 3.14 bits per heavy atom. The minimum Gasteiger partial charge on any atom is -0.493 e. The first-order valence-electron chi connectivity index (χ1n) is 7.04. The molecular formula is C16H13FN4O. The van der Waals surface area contributed by atoms with E-state index in [-0.39, 0.29) is 5.82 Å². The Kier molecular flexibility index (Phi) is 3.07. The zero-order valence-corrected chi connectivity index (χ0v) is 11.7. The molecule has 3 aromatic rings. The van der Waals surface area contributed by atoms with Gasteiger partial charge in [0.05, 0.1) is 6.61 Å². The molecule has 2 aromatic heterocycles. The number of fused-ring (bicyclic) bond motifs is 2. The van der Waals surface area contributed by atoms with E-state index in [1.54, 1.807) is 18.5 Å². The number of pyridine rings is 1. The lowest BCUT2D eigenvalue weighted by Crippen LogP contribution is -2.07. The number of halogens is 1. The van der Waals surface area contributed by atoms with Crippen LogP contribution < -0.4 is 10.1 Å². The van der Waals surface area contributed by atoms with Crippen LogP contribution in [0.5, 0.6) is 5.75 Å². The molecule has 3 heterocycles. The minimum atomic E-state index is -0.230. The average Bonchev–Trinajstić information content (AvgIpc) is 3.03. The molecule has 0 aliphatic carbocycles. The van der Waals surface area contributed by atoms with Crippen LogP contribution in [-0.2, 0) is 13.0 Å². The third kappa shape index (κ3) is 2.13. The van der Waals surface area contributed by atoms with Crippen LogP contribution in [-0.4, -0.2) is 21.6 Å². The van der Waals surface area contributed by atoms with Crippen LogP contribution in [0.4, 0.5) is 10.2 Å². The maximum absolute atomic E-state index is 14.1. The largest absolute Gasteiger partial charge is 0.493 e. The monoisotopic (exact) mass is 296 g/mol. The van der Waals surface area contributed by atoms with Gasteiger partial charge >= 0.3 is 0 Å². The zero-order valence-electron chi connectivity index (χ0n) is 11.7. The van der Waals surface area contributed by atoms with Gasteiger partial charge in [0.1, 0.15) is 23.4 Å². The average molecular weight is 296 g/mol. The molecule has 0 spiro atoms. The maximum atomic E-state index is 14.1. The van der Waals surface area contributed by atoms with Crippen molar-refractivity contribution in [2.45, 2.75) is 13.0 Å². The van der Waals surface area contributed by atoms with Crippen LogP contribution in [0.2, 0.25) is 0 Å². The van der Waals surface area contributed by atoms with E-state index in [1.165, 1.54) is 12.4 Å². The number of anilines is 1. The van der Waals surface area contributed by atoms with Crippen molar-refractivity contribution < 1.29 is 9.13 Å². The van der Waals surface area contributed by atoms with Gasteiger partial charge in [0, 0.05) is 41.9 Å². The van der Waals surface area contributed by atoms with Crippen molar-refractivity contribution in [2.24, 2.45) is 0 Å². The Labute approximate surface area is 126 Å². The van der Waals surface area contributed by atoms with Crippen LogP contribution >= 0.6 is 0 Å². The van der Waals surface area contributed by atoms with E-state index < -0.39 is 0 Å². The molecule has 4 rings (SSSR count). The molecule has 5 nitrogen and oxygen atoms in total. The van der Waals surface area contributed by atoms with Crippen LogP contribution in [0, 0.1) is 5.82 Å². The standard InChI is InChI=1S/C16H13FN4O/c17-13-1-2-14-11(4-6-22-14)12(13)8-20-16-15-10(3-5-19-16)7-18-9-21-15/h1-3,5,7,9H,4,6,8H2,(H,19,20). The molecule has 1 N–H and O–H groups in total. The summed E-state index contributed by atoms with van der Waals surface area (Å²) in [6, 6.07) is 4.97. The summed E-state index contributed by atoms with van der Waals surface area (Å²) in [5, 5.41) is 4.07. The van der Waals surface area contributed by atoms with Gasteiger partial charge in [-0.15, -0.1) is 0 Å². The molecule has 0 fully saturated rings. The molecule has 1 aliphatic rings. The first-order valence-corrected chi connectivity index (χ1v) is 7.04.